The lowest BCUT2D eigenvalue weighted by molar-refractivity contribution is -0.119. The molecule has 0 spiro atoms. The van der Waals surface area contributed by atoms with Crippen LogP contribution < -0.4 is 9.73 Å². The fourth-order valence-electron chi connectivity index (χ4n) is 2.08. The fourth-order valence-corrected chi connectivity index (χ4v) is 3.94. The zero-order valence-electron chi connectivity index (χ0n) is 14.0. The molecule has 1 aromatic carbocycles. The van der Waals surface area contributed by atoms with Crippen molar-refractivity contribution in [1.82, 2.24) is 5.43 Å². The average molecular weight is 400 g/mol. The number of sulfonamides is 1. The molecule has 0 aliphatic rings. The average Bonchev–Trinajstić information content (AvgIpc) is 2.92. The molecule has 0 bridgehead atoms. The third-order valence-electron chi connectivity index (χ3n) is 3.40. The molecule has 1 N–H and O–H groups in total. The van der Waals surface area contributed by atoms with E-state index in [2.05, 4.69) is 10.5 Å². The molecule has 0 aliphatic carbocycles. The van der Waals surface area contributed by atoms with Gasteiger partial charge in [0.2, 0.25) is 10.0 Å². The zero-order chi connectivity index (χ0) is 18.6. The van der Waals surface area contributed by atoms with Gasteiger partial charge in [-0.2, -0.15) is 5.10 Å². The number of hydrogen-bond donors (Lipinski definition) is 1. The lowest BCUT2D eigenvalue weighted by atomic mass is 10.2. The summed E-state index contributed by atoms with van der Waals surface area (Å²) in [5.74, 6) is -0.546. The molecule has 0 saturated carbocycles. The Bertz CT molecular complexity index is 907. The normalized spacial score (nSPS) is 11.7. The van der Waals surface area contributed by atoms with Gasteiger partial charge in [-0.3, -0.25) is 9.10 Å². The summed E-state index contributed by atoms with van der Waals surface area (Å²) in [7, 11) is -3.66. The molecule has 2 aromatic rings. The first-order valence-corrected chi connectivity index (χ1v) is 10.4. The van der Waals surface area contributed by atoms with E-state index in [0.717, 1.165) is 21.0 Å². The van der Waals surface area contributed by atoms with Gasteiger partial charge < -0.3 is 0 Å². The molecule has 1 heterocycles. The standard InChI is InChI=1S/C16H18ClN3O3S2/c1-11-4-5-13(17)8-14(11)20(25(3,22)23)10-16(21)19-18-9-15-12(2)6-7-24-15/h4-9H,10H2,1-3H3,(H,19,21)/b18-9-. The maximum absolute atomic E-state index is 12.1. The van der Waals surface area contributed by atoms with Gasteiger partial charge >= 0.3 is 0 Å². The first-order chi connectivity index (χ1) is 11.7. The second kappa shape index (κ2) is 7.99. The fraction of sp³-hybridized carbons (Fsp3) is 0.250. The van der Waals surface area contributed by atoms with Crippen molar-refractivity contribution in [1.29, 1.82) is 0 Å². The number of carbonyl (C=O) groups is 1. The lowest BCUT2D eigenvalue weighted by Crippen LogP contribution is -2.39. The number of thiophene rings is 1. The van der Waals surface area contributed by atoms with Crippen LogP contribution >= 0.6 is 22.9 Å². The predicted octanol–water partition coefficient (Wildman–Crippen LogP) is 2.93. The third kappa shape index (κ3) is 5.29. The largest absolute Gasteiger partial charge is 0.271 e. The van der Waals surface area contributed by atoms with Crippen molar-refractivity contribution < 1.29 is 13.2 Å². The molecule has 2 rings (SSSR count). The quantitative estimate of drug-likeness (QED) is 0.599. The summed E-state index contributed by atoms with van der Waals surface area (Å²) in [4.78, 5) is 13.0. The first kappa shape index (κ1) is 19.4. The Hall–Kier alpha value is -1.90. The number of hydrazone groups is 1. The van der Waals surface area contributed by atoms with E-state index in [-0.39, 0.29) is 6.54 Å². The molecule has 0 saturated heterocycles. The number of carbonyl (C=O) groups excluding carboxylic acids is 1. The highest BCUT2D eigenvalue weighted by atomic mass is 35.5. The van der Waals surface area contributed by atoms with Crippen molar-refractivity contribution in [3.63, 3.8) is 0 Å². The van der Waals surface area contributed by atoms with Crippen molar-refractivity contribution >= 4 is 50.8 Å². The van der Waals surface area contributed by atoms with E-state index >= 15 is 0 Å². The minimum atomic E-state index is -3.66. The molecule has 0 aliphatic heterocycles. The highest BCUT2D eigenvalue weighted by molar-refractivity contribution is 7.92. The lowest BCUT2D eigenvalue weighted by Gasteiger charge is -2.23. The van der Waals surface area contributed by atoms with Crippen LogP contribution in [0.2, 0.25) is 5.02 Å². The van der Waals surface area contributed by atoms with E-state index in [9.17, 15) is 13.2 Å². The molecule has 0 atom stereocenters. The van der Waals surface area contributed by atoms with E-state index in [1.54, 1.807) is 19.1 Å². The number of nitrogens with zero attached hydrogens (tertiary/aromatic N) is 2. The maximum Gasteiger partial charge on any atom is 0.260 e. The Morgan fingerprint density at radius 1 is 1.32 bits per heavy atom. The van der Waals surface area contributed by atoms with E-state index in [1.807, 2.05) is 18.4 Å². The van der Waals surface area contributed by atoms with Gasteiger partial charge in [0.05, 0.1) is 18.2 Å². The Labute approximate surface area is 156 Å². The van der Waals surface area contributed by atoms with Gasteiger partial charge in [-0.05, 0) is 48.6 Å². The van der Waals surface area contributed by atoms with Crippen molar-refractivity contribution in [2.45, 2.75) is 13.8 Å². The predicted molar refractivity (Wildman–Crippen MR) is 103 cm³/mol. The number of halogens is 1. The smallest absolute Gasteiger partial charge is 0.260 e. The highest BCUT2D eigenvalue weighted by Gasteiger charge is 2.22. The minimum absolute atomic E-state index is 0.364. The molecular weight excluding hydrogens is 382 g/mol. The number of amides is 1. The van der Waals surface area contributed by atoms with Crippen LogP contribution in [0.1, 0.15) is 16.0 Å². The van der Waals surface area contributed by atoms with Gasteiger partial charge in [0.15, 0.2) is 0 Å². The molecule has 0 fully saturated rings. The molecule has 1 amide bonds. The molecular formula is C16H18ClN3O3S2. The van der Waals surface area contributed by atoms with Gasteiger partial charge in [-0.15, -0.1) is 11.3 Å². The van der Waals surface area contributed by atoms with Gasteiger partial charge in [0, 0.05) is 9.90 Å². The Morgan fingerprint density at radius 3 is 2.64 bits per heavy atom. The van der Waals surface area contributed by atoms with Gasteiger partial charge in [-0.1, -0.05) is 17.7 Å². The molecule has 6 nitrogen and oxygen atoms in total. The van der Waals surface area contributed by atoms with Gasteiger partial charge in [-0.25, -0.2) is 13.8 Å². The van der Waals surface area contributed by atoms with E-state index in [1.165, 1.54) is 23.6 Å². The summed E-state index contributed by atoms with van der Waals surface area (Å²) in [6.45, 7) is 3.30. The summed E-state index contributed by atoms with van der Waals surface area (Å²) >= 11 is 7.46. The van der Waals surface area contributed by atoms with E-state index in [0.29, 0.717) is 16.3 Å². The molecule has 0 unspecified atom stereocenters. The Balaban J connectivity index is 2.15. The highest BCUT2D eigenvalue weighted by Crippen LogP contribution is 2.26. The minimum Gasteiger partial charge on any atom is -0.271 e. The van der Waals surface area contributed by atoms with Crippen molar-refractivity contribution in [2.75, 3.05) is 17.1 Å². The van der Waals surface area contributed by atoms with Crippen LogP contribution in [0.25, 0.3) is 0 Å². The zero-order valence-corrected chi connectivity index (χ0v) is 16.4. The van der Waals surface area contributed by atoms with Crippen LogP contribution in [0.3, 0.4) is 0 Å². The molecule has 1 aromatic heterocycles. The summed E-state index contributed by atoms with van der Waals surface area (Å²) in [6.07, 6.45) is 2.58. The Morgan fingerprint density at radius 2 is 2.04 bits per heavy atom. The monoisotopic (exact) mass is 399 g/mol. The van der Waals surface area contributed by atoms with Crippen molar-refractivity contribution in [3.05, 3.63) is 50.7 Å². The first-order valence-electron chi connectivity index (χ1n) is 7.28. The van der Waals surface area contributed by atoms with Crippen LogP contribution in [0, 0.1) is 13.8 Å². The third-order valence-corrected chi connectivity index (χ3v) is 5.72. The van der Waals surface area contributed by atoms with Crippen LogP contribution in [0.4, 0.5) is 5.69 Å². The summed E-state index contributed by atoms with van der Waals surface area (Å²) in [6, 6.07) is 6.82. The van der Waals surface area contributed by atoms with E-state index in [4.69, 9.17) is 11.6 Å². The van der Waals surface area contributed by atoms with Gasteiger partial charge in [0.1, 0.15) is 6.54 Å². The Kier molecular flexibility index (Phi) is 6.21. The number of aryl methyl sites for hydroxylation is 2. The van der Waals surface area contributed by atoms with Crippen molar-refractivity contribution in [2.24, 2.45) is 5.10 Å². The van der Waals surface area contributed by atoms with E-state index < -0.39 is 15.9 Å². The second-order valence-electron chi connectivity index (χ2n) is 5.46. The molecule has 0 radical (unpaired) electrons. The summed E-state index contributed by atoms with van der Waals surface area (Å²) < 4.78 is 25.2. The molecule has 25 heavy (non-hydrogen) atoms. The number of anilines is 1. The van der Waals surface area contributed by atoms with Crippen molar-refractivity contribution in [3.8, 4) is 0 Å². The van der Waals surface area contributed by atoms with Gasteiger partial charge in [0.25, 0.3) is 5.91 Å². The van der Waals surface area contributed by atoms with Crippen LogP contribution in [-0.4, -0.2) is 33.3 Å². The summed E-state index contributed by atoms with van der Waals surface area (Å²) in [5.41, 5.74) is 4.46. The maximum atomic E-state index is 12.1. The number of benzene rings is 1. The number of hydrogen-bond acceptors (Lipinski definition) is 5. The van der Waals surface area contributed by atoms with Crippen LogP contribution in [0.5, 0.6) is 0 Å². The number of nitrogens with one attached hydrogen (secondary N) is 1. The molecule has 9 heteroatoms. The van der Waals surface area contributed by atoms with Crippen LogP contribution in [-0.2, 0) is 14.8 Å². The SMILES string of the molecule is Cc1ccc(Cl)cc1N(CC(=O)N/N=C\c1sccc1C)S(C)(=O)=O. The topological polar surface area (TPSA) is 78.8 Å². The summed E-state index contributed by atoms with van der Waals surface area (Å²) in [5, 5.41) is 6.19. The second-order valence-corrected chi connectivity index (χ2v) is 8.75. The van der Waals surface area contributed by atoms with Crippen LogP contribution in [0.15, 0.2) is 34.7 Å². The number of rotatable bonds is 6. The molecule has 134 valence electrons.